The van der Waals surface area contributed by atoms with Crippen LogP contribution in [0.3, 0.4) is 0 Å². The highest BCUT2D eigenvalue weighted by Gasteiger charge is 2.32. The van der Waals surface area contributed by atoms with Gasteiger partial charge in [0.25, 0.3) is 0 Å². The molecule has 106 valence electrons. The quantitative estimate of drug-likeness (QED) is 0.884. The van der Waals surface area contributed by atoms with Crippen molar-refractivity contribution in [3.8, 4) is 0 Å². The first-order valence-electron chi connectivity index (χ1n) is 6.58. The van der Waals surface area contributed by atoms with Gasteiger partial charge >= 0.3 is 0 Å². The van der Waals surface area contributed by atoms with Crippen molar-refractivity contribution >= 4 is 22.4 Å². The maximum Gasteiger partial charge on any atom is 0.240 e. The molecule has 19 heavy (non-hydrogen) atoms. The van der Waals surface area contributed by atoms with Gasteiger partial charge in [0.2, 0.25) is 5.91 Å². The van der Waals surface area contributed by atoms with Gasteiger partial charge in [-0.1, -0.05) is 20.8 Å². The Morgan fingerprint density at radius 3 is 2.47 bits per heavy atom. The number of hydrogen-bond acceptors (Lipinski definition) is 5. The normalized spacial score (nSPS) is 18.5. The van der Waals surface area contributed by atoms with Crippen LogP contribution in [0.1, 0.15) is 20.8 Å². The topological polar surface area (TPSA) is 62.5 Å². The average Bonchev–Trinajstić information content (AvgIpc) is 2.90. The van der Waals surface area contributed by atoms with E-state index in [0.717, 1.165) is 31.3 Å². The first-order chi connectivity index (χ1) is 8.89. The van der Waals surface area contributed by atoms with Gasteiger partial charge in [0.1, 0.15) is 0 Å². The molecule has 6 heteroatoms. The Hall–Kier alpha value is -1.14. The second-order valence-electron chi connectivity index (χ2n) is 5.97. The summed E-state index contributed by atoms with van der Waals surface area (Å²) >= 11 is 1.64. The molecule has 0 aliphatic carbocycles. The van der Waals surface area contributed by atoms with E-state index < -0.39 is 6.04 Å². The van der Waals surface area contributed by atoms with E-state index in [9.17, 15) is 4.79 Å². The number of piperazine rings is 1. The van der Waals surface area contributed by atoms with Crippen LogP contribution in [0.25, 0.3) is 0 Å². The van der Waals surface area contributed by atoms with Gasteiger partial charge in [-0.15, -0.1) is 11.3 Å². The maximum absolute atomic E-state index is 12.3. The second-order valence-corrected chi connectivity index (χ2v) is 6.84. The first-order valence-corrected chi connectivity index (χ1v) is 7.46. The van der Waals surface area contributed by atoms with Gasteiger partial charge in [-0.25, -0.2) is 4.98 Å². The molecule has 1 atom stereocenters. The smallest absolute Gasteiger partial charge is 0.240 e. The molecule has 0 spiro atoms. The van der Waals surface area contributed by atoms with Crippen molar-refractivity contribution in [2.45, 2.75) is 26.8 Å². The van der Waals surface area contributed by atoms with Crippen molar-refractivity contribution in [2.75, 3.05) is 31.1 Å². The summed E-state index contributed by atoms with van der Waals surface area (Å²) in [6, 6.07) is -0.432. The van der Waals surface area contributed by atoms with Gasteiger partial charge in [0.15, 0.2) is 5.13 Å². The fourth-order valence-corrected chi connectivity index (χ4v) is 2.75. The molecular weight excluding hydrogens is 260 g/mol. The summed E-state index contributed by atoms with van der Waals surface area (Å²) in [4.78, 5) is 20.7. The molecule has 2 N–H and O–H groups in total. The van der Waals surface area contributed by atoms with Crippen LogP contribution >= 0.6 is 11.3 Å². The predicted molar refractivity (Wildman–Crippen MR) is 78.3 cm³/mol. The van der Waals surface area contributed by atoms with Gasteiger partial charge in [0, 0.05) is 37.8 Å². The third-order valence-corrected chi connectivity index (χ3v) is 4.31. The predicted octanol–water partition coefficient (Wildman–Crippen LogP) is 1.17. The fourth-order valence-electron chi connectivity index (χ4n) is 2.06. The van der Waals surface area contributed by atoms with Gasteiger partial charge < -0.3 is 15.5 Å². The summed E-state index contributed by atoms with van der Waals surface area (Å²) in [6.45, 7) is 9.11. The van der Waals surface area contributed by atoms with Crippen LogP contribution in [0.15, 0.2) is 11.6 Å². The Labute approximate surface area is 118 Å². The van der Waals surface area contributed by atoms with E-state index in [1.165, 1.54) is 0 Å². The zero-order valence-electron chi connectivity index (χ0n) is 11.8. The monoisotopic (exact) mass is 282 g/mol. The second kappa shape index (κ2) is 5.46. The number of carbonyl (C=O) groups is 1. The largest absolute Gasteiger partial charge is 0.345 e. The van der Waals surface area contributed by atoms with Crippen molar-refractivity contribution in [3.05, 3.63) is 11.6 Å². The van der Waals surface area contributed by atoms with Crippen LogP contribution in [-0.4, -0.2) is 48.0 Å². The van der Waals surface area contributed by atoms with Crippen molar-refractivity contribution in [3.63, 3.8) is 0 Å². The van der Waals surface area contributed by atoms with Gasteiger partial charge in [0.05, 0.1) is 6.04 Å². The van der Waals surface area contributed by atoms with E-state index in [4.69, 9.17) is 5.73 Å². The van der Waals surface area contributed by atoms with E-state index in [1.807, 2.05) is 37.2 Å². The number of carbonyl (C=O) groups excluding carboxylic acids is 1. The van der Waals surface area contributed by atoms with E-state index in [2.05, 4.69) is 9.88 Å². The van der Waals surface area contributed by atoms with Crippen LogP contribution in [0.5, 0.6) is 0 Å². The Kier molecular flexibility index (Phi) is 4.10. The molecule has 0 radical (unpaired) electrons. The third-order valence-electron chi connectivity index (χ3n) is 3.48. The Morgan fingerprint density at radius 1 is 1.37 bits per heavy atom. The van der Waals surface area contributed by atoms with Crippen LogP contribution in [0.2, 0.25) is 0 Å². The fraction of sp³-hybridized carbons (Fsp3) is 0.692. The van der Waals surface area contributed by atoms with Gasteiger partial charge in [-0.2, -0.15) is 0 Å². The zero-order chi connectivity index (χ0) is 14.0. The molecule has 2 rings (SSSR count). The Morgan fingerprint density at radius 2 is 2.00 bits per heavy atom. The minimum absolute atomic E-state index is 0.0614. The van der Waals surface area contributed by atoms with Crippen molar-refractivity contribution in [1.82, 2.24) is 9.88 Å². The summed E-state index contributed by atoms with van der Waals surface area (Å²) in [5.74, 6) is 0.0614. The highest BCUT2D eigenvalue weighted by Crippen LogP contribution is 2.22. The van der Waals surface area contributed by atoms with Crippen LogP contribution in [0, 0.1) is 5.41 Å². The minimum Gasteiger partial charge on any atom is -0.345 e. The van der Waals surface area contributed by atoms with E-state index in [-0.39, 0.29) is 11.3 Å². The summed E-state index contributed by atoms with van der Waals surface area (Å²) < 4.78 is 0. The molecule has 1 aromatic heterocycles. The highest BCUT2D eigenvalue weighted by molar-refractivity contribution is 7.13. The highest BCUT2D eigenvalue weighted by atomic mass is 32.1. The minimum atomic E-state index is -0.432. The molecule has 1 aliphatic rings. The zero-order valence-corrected chi connectivity index (χ0v) is 12.6. The molecule has 1 aliphatic heterocycles. The number of aromatic nitrogens is 1. The standard InChI is InChI=1S/C13H22N4OS/c1-13(2,3)10(14)11(18)16-5-7-17(8-6-16)12-15-4-9-19-12/h4,9-10H,5-8,14H2,1-3H3/t10-/m0/s1. The van der Waals surface area contributed by atoms with E-state index >= 15 is 0 Å². The molecule has 0 aromatic carbocycles. The molecule has 1 saturated heterocycles. The number of rotatable bonds is 2. The molecule has 0 unspecified atom stereocenters. The summed E-state index contributed by atoms with van der Waals surface area (Å²) in [7, 11) is 0. The Balaban J connectivity index is 1.91. The molecule has 2 heterocycles. The lowest BCUT2D eigenvalue weighted by atomic mass is 9.86. The summed E-state index contributed by atoms with van der Waals surface area (Å²) in [5.41, 5.74) is 5.85. The lowest BCUT2D eigenvalue weighted by Crippen LogP contribution is -2.56. The number of amides is 1. The molecule has 1 aromatic rings. The number of thiazole rings is 1. The number of hydrogen-bond donors (Lipinski definition) is 1. The molecular formula is C13H22N4OS. The molecule has 1 amide bonds. The van der Waals surface area contributed by atoms with Crippen molar-refractivity contribution < 1.29 is 4.79 Å². The molecule has 0 bridgehead atoms. The number of nitrogens with two attached hydrogens (primary N) is 1. The molecule has 1 fully saturated rings. The maximum atomic E-state index is 12.3. The Bertz CT molecular complexity index is 418. The lowest BCUT2D eigenvalue weighted by Gasteiger charge is -2.38. The number of anilines is 1. The van der Waals surface area contributed by atoms with Crippen LogP contribution in [0.4, 0.5) is 5.13 Å². The van der Waals surface area contributed by atoms with Gasteiger partial charge in [-0.3, -0.25) is 4.79 Å². The lowest BCUT2D eigenvalue weighted by molar-refractivity contribution is -0.135. The first kappa shape index (κ1) is 14.3. The number of nitrogens with zero attached hydrogens (tertiary/aromatic N) is 3. The molecule has 5 nitrogen and oxygen atoms in total. The average molecular weight is 282 g/mol. The molecule has 0 saturated carbocycles. The SMILES string of the molecule is CC(C)(C)[C@@H](N)C(=O)N1CCN(c2nccs2)CC1. The van der Waals surface area contributed by atoms with Crippen LogP contribution < -0.4 is 10.6 Å². The third kappa shape index (κ3) is 3.25. The summed E-state index contributed by atoms with van der Waals surface area (Å²) in [6.07, 6.45) is 1.81. The van der Waals surface area contributed by atoms with E-state index in [0.29, 0.717) is 0 Å². The van der Waals surface area contributed by atoms with Crippen LogP contribution in [-0.2, 0) is 4.79 Å². The summed E-state index contributed by atoms with van der Waals surface area (Å²) in [5, 5.41) is 3.01. The van der Waals surface area contributed by atoms with Gasteiger partial charge in [-0.05, 0) is 5.41 Å². The van der Waals surface area contributed by atoms with Crippen molar-refractivity contribution in [2.24, 2.45) is 11.1 Å². The van der Waals surface area contributed by atoms with Crippen molar-refractivity contribution in [1.29, 1.82) is 0 Å². The van der Waals surface area contributed by atoms with E-state index in [1.54, 1.807) is 11.3 Å².